The first-order chi connectivity index (χ1) is 17.5. The van der Waals surface area contributed by atoms with Crippen LogP contribution < -0.4 is 16.2 Å². The summed E-state index contributed by atoms with van der Waals surface area (Å²) in [5.41, 5.74) is 9.61. The highest BCUT2D eigenvalue weighted by atomic mass is 35.5. The van der Waals surface area contributed by atoms with Gasteiger partial charge in [-0.1, -0.05) is 67.1 Å². The summed E-state index contributed by atoms with van der Waals surface area (Å²) in [6, 6.07) is 16.8. The number of aryl methyl sites for hydroxylation is 1. The monoisotopic (exact) mass is 503 g/mol. The van der Waals surface area contributed by atoms with E-state index in [9.17, 15) is 9.59 Å². The summed E-state index contributed by atoms with van der Waals surface area (Å²) in [4.78, 5) is 29.2. The van der Waals surface area contributed by atoms with Gasteiger partial charge in [0.05, 0.1) is 6.54 Å². The SMILES string of the molecule is CCc1cn2nc(N3CCC[C@@H](N)C3)c(Cc3ccccc3Cl)c2c(=O)n1CC(=O)c1ccccc1. The maximum Gasteiger partial charge on any atom is 0.277 e. The summed E-state index contributed by atoms with van der Waals surface area (Å²) in [7, 11) is 0. The lowest BCUT2D eigenvalue weighted by atomic mass is 10.0. The van der Waals surface area contributed by atoms with Crippen molar-refractivity contribution < 1.29 is 4.79 Å². The number of hydrogen-bond donors (Lipinski definition) is 1. The molecule has 2 aromatic heterocycles. The molecule has 0 radical (unpaired) electrons. The zero-order valence-corrected chi connectivity index (χ0v) is 21.1. The van der Waals surface area contributed by atoms with E-state index in [1.54, 1.807) is 21.2 Å². The molecule has 1 aliphatic rings. The average Bonchev–Trinajstić information content (AvgIpc) is 3.25. The standard InChI is InChI=1S/C28H30ClN5O2/c1-2-22-17-34-26(28(36)33(22)18-25(35)19-9-4-3-5-10-19)23(15-20-11-6-7-13-24(20)29)27(31-34)32-14-8-12-21(30)16-32/h3-7,9-11,13,17,21H,2,8,12,14-16,18,30H2,1H3/t21-/m1/s1. The van der Waals surface area contributed by atoms with Gasteiger partial charge in [-0.2, -0.15) is 0 Å². The Hall–Kier alpha value is -3.42. The molecule has 8 heteroatoms. The van der Waals surface area contributed by atoms with Gasteiger partial charge in [0.1, 0.15) is 5.52 Å². The molecule has 1 fully saturated rings. The molecule has 2 N–H and O–H groups in total. The van der Waals surface area contributed by atoms with E-state index in [0.717, 1.165) is 42.0 Å². The summed E-state index contributed by atoms with van der Waals surface area (Å²) in [6.07, 6.45) is 4.86. The zero-order valence-electron chi connectivity index (χ0n) is 20.4. The van der Waals surface area contributed by atoms with Crippen LogP contribution in [-0.2, 0) is 19.4 Å². The second-order valence-corrected chi connectivity index (χ2v) is 9.77. The van der Waals surface area contributed by atoms with Crippen LogP contribution in [0.1, 0.15) is 46.9 Å². The normalized spacial score (nSPS) is 16.0. The molecule has 0 spiro atoms. The van der Waals surface area contributed by atoms with Crippen molar-refractivity contribution in [3.05, 3.63) is 98.6 Å². The number of halogens is 1. The number of nitrogens with two attached hydrogens (primary N) is 1. The van der Waals surface area contributed by atoms with Gasteiger partial charge in [0.2, 0.25) is 0 Å². The average molecular weight is 504 g/mol. The first kappa shape index (κ1) is 24.3. The second kappa shape index (κ2) is 10.3. The largest absolute Gasteiger partial charge is 0.353 e. The number of rotatable bonds is 7. The van der Waals surface area contributed by atoms with Gasteiger partial charge in [-0.25, -0.2) is 4.52 Å². The predicted molar refractivity (Wildman–Crippen MR) is 143 cm³/mol. The lowest BCUT2D eigenvalue weighted by molar-refractivity contribution is 0.0969. The van der Waals surface area contributed by atoms with Gasteiger partial charge in [-0.3, -0.25) is 9.59 Å². The molecule has 5 rings (SSSR count). The van der Waals surface area contributed by atoms with E-state index in [0.29, 0.717) is 35.5 Å². The first-order valence-corrected chi connectivity index (χ1v) is 12.8. The highest BCUT2D eigenvalue weighted by Crippen LogP contribution is 2.30. The van der Waals surface area contributed by atoms with E-state index in [2.05, 4.69) is 4.90 Å². The van der Waals surface area contributed by atoms with Crippen LogP contribution in [-0.4, -0.2) is 39.1 Å². The van der Waals surface area contributed by atoms with E-state index in [4.69, 9.17) is 22.4 Å². The Morgan fingerprint density at radius 3 is 2.61 bits per heavy atom. The predicted octanol–water partition coefficient (Wildman–Crippen LogP) is 4.11. The Morgan fingerprint density at radius 1 is 1.14 bits per heavy atom. The van der Waals surface area contributed by atoms with Crippen molar-refractivity contribution in [3.8, 4) is 0 Å². The zero-order chi connectivity index (χ0) is 25.2. The summed E-state index contributed by atoms with van der Waals surface area (Å²) in [6.45, 7) is 3.46. The molecule has 4 aromatic rings. The Morgan fingerprint density at radius 2 is 1.89 bits per heavy atom. The van der Waals surface area contributed by atoms with Gasteiger partial charge in [-0.05, 0) is 30.9 Å². The third kappa shape index (κ3) is 4.68. The van der Waals surface area contributed by atoms with Crippen molar-refractivity contribution in [1.82, 2.24) is 14.2 Å². The Balaban J connectivity index is 1.67. The van der Waals surface area contributed by atoms with Crippen molar-refractivity contribution in [2.24, 2.45) is 5.73 Å². The van der Waals surface area contributed by atoms with Crippen LogP contribution in [0.5, 0.6) is 0 Å². The number of aromatic nitrogens is 3. The van der Waals surface area contributed by atoms with Crippen LogP contribution in [0.25, 0.3) is 5.52 Å². The number of piperidine rings is 1. The molecule has 36 heavy (non-hydrogen) atoms. The molecule has 2 aromatic carbocycles. The number of carbonyl (C=O) groups excluding carboxylic acids is 1. The Bertz CT molecular complexity index is 1460. The second-order valence-electron chi connectivity index (χ2n) is 9.37. The summed E-state index contributed by atoms with van der Waals surface area (Å²) >= 11 is 6.52. The van der Waals surface area contributed by atoms with Crippen molar-refractivity contribution in [3.63, 3.8) is 0 Å². The highest BCUT2D eigenvalue weighted by Gasteiger charge is 2.27. The Kier molecular flexibility index (Phi) is 6.94. The van der Waals surface area contributed by atoms with Gasteiger partial charge in [0.15, 0.2) is 11.6 Å². The number of benzene rings is 2. The van der Waals surface area contributed by atoms with Crippen LogP contribution in [0, 0.1) is 0 Å². The number of anilines is 1. The van der Waals surface area contributed by atoms with Crippen LogP contribution in [0.2, 0.25) is 5.02 Å². The lowest BCUT2D eigenvalue weighted by Crippen LogP contribution is -2.43. The Labute approximate surface area is 215 Å². The molecule has 186 valence electrons. The van der Waals surface area contributed by atoms with E-state index in [-0.39, 0.29) is 23.9 Å². The van der Waals surface area contributed by atoms with E-state index < -0.39 is 0 Å². The molecule has 1 saturated heterocycles. The molecule has 0 amide bonds. The maximum absolute atomic E-state index is 14.0. The molecule has 1 atom stereocenters. The van der Waals surface area contributed by atoms with Crippen LogP contribution in [0.4, 0.5) is 5.82 Å². The van der Waals surface area contributed by atoms with E-state index in [1.807, 2.05) is 55.6 Å². The molecule has 0 saturated carbocycles. The van der Waals surface area contributed by atoms with Gasteiger partial charge in [-0.15, -0.1) is 5.10 Å². The molecular formula is C28H30ClN5O2. The van der Waals surface area contributed by atoms with Gasteiger partial charge in [0.25, 0.3) is 5.56 Å². The smallest absolute Gasteiger partial charge is 0.277 e. The number of hydrogen-bond acceptors (Lipinski definition) is 5. The fourth-order valence-electron chi connectivity index (χ4n) is 5.01. The summed E-state index contributed by atoms with van der Waals surface area (Å²) < 4.78 is 3.28. The molecule has 0 unspecified atom stereocenters. The van der Waals surface area contributed by atoms with E-state index >= 15 is 0 Å². The van der Waals surface area contributed by atoms with Crippen LogP contribution in [0.15, 0.2) is 65.6 Å². The van der Waals surface area contributed by atoms with Gasteiger partial charge >= 0.3 is 0 Å². The summed E-state index contributed by atoms with van der Waals surface area (Å²) in [5.74, 6) is 0.655. The topological polar surface area (TPSA) is 85.6 Å². The number of ketones is 1. The number of nitrogens with zero attached hydrogens (tertiary/aromatic N) is 4. The van der Waals surface area contributed by atoms with Crippen molar-refractivity contribution >= 4 is 28.7 Å². The van der Waals surface area contributed by atoms with Crippen molar-refractivity contribution in [2.45, 2.75) is 45.2 Å². The fraction of sp³-hybridized carbons (Fsp3) is 0.321. The fourth-order valence-corrected chi connectivity index (χ4v) is 5.21. The number of carbonyl (C=O) groups is 1. The third-order valence-electron chi connectivity index (χ3n) is 6.90. The molecule has 7 nitrogen and oxygen atoms in total. The quantitative estimate of drug-likeness (QED) is 0.383. The molecule has 1 aliphatic heterocycles. The third-order valence-corrected chi connectivity index (χ3v) is 7.26. The van der Waals surface area contributed by atoms with E-state index in [1.165, 1.54) is 0 Å². The molecule has 0 aliphatic carbocycles. The van der Waals surface area contributed by atoms with Crippen LogP contribution in [0.3, 0.4) is 0 Å². The van der Waals surface area contributed by atoms with Crippen molar-refractivity contribution in [1.29, 1.82) is 0 Å². The maximum atomic E-state index is 14.0. The lowest BCUT2D eigenvalue weighted by Gasteiger charge is -2.31. The number of fused-ring (bicyclic) bond motifs is 1. The van der Waals surface area contributed by atoms with Crippen LogP contribution >= 0.6 is 11.6 Å². The highest BCUT2D eigenvalue weighted by molar-refractivity contribution is 6.31. The van der Waals surface area contributed by atoms with Gasteiger partial charge in [0, 0.05) is 53.6 Å². The van der Waals surface area contributed by atoms with Crippen molar-refractivity contribution in [2.75, 3.05) is 18.0 Å². The minimum atomic E-state index is -0.222. The molecular weight excluding hydrogens is 474 g/mol. The molecule has 3 heterocycles. The summed E-state index contributed by atoms with van der Waals surface area (Å²) in [5, 5.41) is 5.53. The van der Waals surface area contributed by atoms with Gasteiger partial charge < -0.3 is 15.2 Å². The molecule has 0 bridgehead atoms. The number of Topliss-reactive ketones (excluding diaryl/α,β-unsaturated/α-hetero) is 1. The first-order valence-electron chi connectivity index (χ1n) is 12.4. The minimum Gasteiger partial charge on any atom is -0.353 e. The minimum absolute atomic E-state index is 0.0246.